The number of rotatable bonds is 10. The molecule has 0 atom stereocenters. The minimum atomic E-state index is -3.47. The minimum absolute atomic E-state index is 0.0285. The highest BCUT2D eigenvalue weighted by molar-refractivity contribution is 7.92. The number of nitrogens with one attached hydrogen (secondary N) is 2. The number of nitrogens with zero attached hydrogens (tertiary/aromatic N) is 2. The second-order valence-electron chi connectivity index (χ2n) is 6.79. The van der Waals surface area contributed by atoms with E-state index < -0.39 is 21.5 Å². The average Bonchev–Trinajstić information content (AvgIpc) is 3.22. The first-order valence-corrected chi connectivity index (χ1v) is 11.3. The normalized spacial score (nSPS) is 11.2. The number of aryl methyl sites for hydroxylation is 1. The van der Waals surface area contributed by atoms with Gasteiger partial charge >= 0.3 is 0 Å². The number of ether oxygens (including phenoxy) is 1. The number of H-pyrrole nitrogens is 1. The molecule has 9 heteroatoms. The molecule has 30 heavy (non-hydrogen) atoms. The summed E-state index contributed by atoms with van der Waals surface area (Å²) < 4.78 is 29.5. The maximum atomic E-state index is 12.2. The van der Waals surface area contributed by atoms with Crippen molar-refractivity contribution < 1.29 is 17.9 Å². The van der Waals surface area contributed by atoms with Crippen molar-refractivity contribution in [2.45, 2.75) is 19.4 Å². The van der Waals surface area contributed by atoms with E-state index >= 15 is 0 Å². The van der Waals surface area contributed by atoms with Gasteiger partial charge in [0, 0.05) is 5.56 Å². The van der Waals surface area contributed by atoms with Gasteiger partial charge in [-0.05, 0) is 42.7 Å². The summed E-state index contributed by atoms with van der Waals surface area (Å²) in [7, 11) is -1.88. The summed E-state index contributed by atoms with van der Waals surface area (Å²) in [6.45, 7) is 0.0710. The molecule has 0 fully saturated rings. The summed E-state index contributed by atoms with van der Waals surface area (Å²) in [5, 5.41) is 9.44. The Kier molecular flexibility index (Phi) is 7.18. The van der Waals surface area contributed by atoms with Crippen molar-refractivity contribution >= 4 is 15.7 Å². The molecule has 8 nitrogen and oxygen atoms in total. The number of methoxy groups -OCH3 is 1. The van der Waals surface area contributed by atoms with Crippen molar-refractivity contribution in [3.63, 3.8) is 0 Å². The second-order valence-corrected chi connectivity index (χ2v) is 8.98. The molecular weight excluding hydrogens is 404 g/mol. The van der Waals surface area contributed by atoms with Gasteiger partial charge in [-0.2, -0.15) is 5.10 Å². The number of amides is 1. The van der Waals surface area contributed by atoms with Gasteiger partial charge in [-0.1, -0.05) is 30.3 Å². The number of carbonyl (C=O) groups excluding carboxylic acids is 1. The number of carbonyl (C=O) groups is 1. The highest BCUT2D eigenvalue weighted by Crippen LogP contribution is 2.18. The second kappa shape index (κ2) is 10.0. The lowest BCUT2D eigenvalue weighted by atomic mass is 10.1. The van der Waals surface area contributed by atoms with E-state index in [0.29, 0.717) is 24.5 Å². The van der Waals surface area contributed by atoms with Crippen LogP contribution in [0.15, 0.2) is 54.6 Å². The lowest BCUT2D eigenvalue weighted by molar-refractivity contribution is -0.118. The molecule has 0 spiro atoms. The highest BCUT2D eigenvalue weighted by atomic mass is 32.2. The van der Waals surface area contributed by atoms with E-state index in [4.69, 9.17) is 4.74 Å². The quantitative estimate of drug-likeness (QED) is 0.511. The Hall–Kier alpha value is -3.20. The summed E-state index contributed by atoms with van der Waals surface area (Å²) in [5.74, 6) is 0.524. The van der Waals surface area contributed by atoms with Crippen molar-refractivity contribution in [1.82, 2.24) is 20.5 Å². The number of hydrogen-bond acceptors (Lipinski definition) is 6. The van der Waals surface area contributed by atoms with E-state index in [-0.39, 0.29) is 12.3 Å². The first-order valence-electron chi connectivity index (χ1n) is 9.52. The molecule has 1 aromatic heterocycles. The summed E-state index contributed by atoms with van der Waals surface area (Å²) in [4.78, 5) is 16.4. The van der Waals surface area contributed by atoms with Gasteiger partial charge in [-0.3, -0.25) is 9.89 Å². The van der Waals surface area contributed by atoms with Gasteiger partial charge in [0.15, 0.2) is 15.7 Å². The number of aromatic nitrogens is 3. The van der Waals surface area contributed by atoms with Crippen molar-refractivity contribution in [3.8, 4) is 17.1 Å². The summed E-state index contributed by atoms with van der Waals surface area (Å²) in [6.07, 6.45) is 1.14. The Balaban J connectivity index is 1.45. The van der Waals surface area contributed by atoms with Crippen LogP contribution in [0.5, 0.6) is 5.75 Å². The third-order valence-corrected chi connectivity index (χ3v) is 6.06. The maximum Gasteiger partial charge on any atom is 0.235 e. The summed E-state index contributed by atoms with van der Waals surface area (Å²) >= 11 is 0. The van der Waals surface area contributed by atoms with Gasteiger partial charge < -0.3 is 10.1 Å². The molecule has 2 N–H and O–H groups in total. The summed E-state index contributed by atoms with van der Waals surface area (Å²) in [6, 6.07) is 16.9. The van der Waals surface area contributed by atoms with Crippen LogP contribution in [-0.4, -0.2) is 48.1 Å². The van der Waals surface area contributed by atoms with Crippen LogP contribution in [-0.2, 0) is 27.6 Å². The first kappa shape index (κ1) is 21.5. The van der Waals surface area contributed by atoms with Crippen LogP contribution in [0.3, 0.4) is 0 Å². The van der Waals surface area contributed by atoms with Crippen molar-refractivity contribution in [1.29, 1.82) is 0 Å². The zero-order chi connectivity index (χ0) is 21.4. The van der Waals surface area contributed by atoms with E-state index in [1.807, 2.05) is 42.5 Å². The van der Waals surface area contributed by atoms with Crippen LogP contribution in [0.25, 0.3) is 11.4 Å². The third kappa shape index (κ3) is 6.41. The number of aromatic amines is 1. The van der Waals surface area contributed by atoms with E-state index in [0.717, 1.165) is 16.9 Å². The topological polar surface area (TPSA) is 114 Å². The Labute approximate surface area is 175 Å². The van der Waals surface area contributed by atoms with Crippen molar-refractivity contribution in [3.05, 3.63) is 66.0 Å². The number of sulfone groups is 1. The van der Waals surface area contributed by atoms with Crippen molar-refractivity contribution in [2.24, 2.45) is 0 Å². The fraction of sp³-hybridized carbons (Fsp3) is 0.286. The van der Waals surface area contributed by atoms with E-state index in [1.54, 1.807) is 19.2 Å². The van der Waals surface area contributed by atoms with Crippen LogP contribution in [0.1, 0.15) is 17.8 Å². The Morgan fingerprint density at radius 1 is 1.10 bits per heavy atom. The lowest BCUT2D eigenvalue weighted by Crippen LogP contribution is -2.31. The predicted octanol–water partition coefficient (Wildman–Crippen LogP) is 2.14. The van der Waals surface area contributed by atoms with E-state index in [9.17, 15) is 13.2 Å². The van der Waals surface area contributed by atoms with Gasteiger partial charge in [-0.15, -0.1) is 0 Å². The smallest absolute Gasteiger partial charge is 0.235 e. The molecule has 0 saturated heterocycles. The largest absolute Gasteiger partial charge is 0.497 e. The molecule has 3 aromatic rings. The maximum absolute atomic E-state index is 12.2. The van der Waals surface area contributed by atoms with Gasteiger partial charge in [0.2, 0.25) is 5.91 Å². The third-order valence-electron chi connectivity index (χ3n) is 4.45. The predicted molar refractivity (Wildman–Crippen MR) is 114 cm³/mol. The van der Waals surface area contributed by atoms with Crippen molar-refractivity contribution in [2.75, 3.05) is 18.6 Å². The van der Waals surface area contributed by atoms with Gasteiger partial charge in [0.25, 0.3) is 0 Å². The molecular formula is C21H24N4O4S. The van der Waals surface area contributed by atoms with E-state index in [2.05, 4.69) is 20.5 Å². The molecule has 0 unspecified atom stereocenters. The summed E-state index contributed by atoms with van der Waals surface area (Å²) in [5.41, 5.74) is 1.88. The Morgan fingerprint density at radius 2 is 1.83 bits per heavy atom. The van der Waals surface area contributed by atoms with E-state index in [1.165, 1.54) is 0 Å². The monoisotopic (exact) mass is 428 g/mol. The van der Waals surface area contributed by atoms with Crippen LogP contribution >= 0.6 is 0 Å². The molecule has 0 radical (unpaired) electrons. The Morgan fingerprint density at radius 3 is 2.53 bits per heavy atom. The Bertz CT molecular complexity index is 1060. The van der Waals surface area contributed by atoms with Gasteiger partial charge in [-0.25, -0.2) is 13.4 Å². The molecule has 0 bridgehead atoms. The highest BCUT2D eigenvalue weighted by Gasteiger charge is 2.17. The number of benzene rings is 2. The fourth-order valence-electron chi connectivity index (χ4n) is 2.89. The standard InChI is InChI=1S/C21H24N4O4S/c1-29-18-11-9-17(10-12-18)21-23-19(24-25-21)14-22-20(26)15-30(27,28)13-5-8-16-6-3-2-4-7-16/h2-4,6-7,9-12H,5,8,13-15H2,1H3,(H,22,26)(H,23,24,25). The molecule has 0 aliphatic heterocycles. The zero-order valence-electron chi connectivity index (χ0n) is 16.7. The fourth-order valence-corrected chi connectivity index (χ4v) is 4.12. The molecule has 0 aliphatic rings. The first-order chi connectivity index (χ1) is 14.4. The van der Waals surface area contributed by atoms with Crippen LogP contribution in [0, 0.1) is 0 Å². The van der Waals surface area contributed by atoms with Gasteiger partial charge in [0.05, 0.1) is 19.4 Å². The molecule has 2 aromatic carbocycles. The average molecular weight is 429 g/mol. The molecule has 0 aliphatic carbocycles. The number of hydrogen-bond donors (Lipinski definition) is 2. The molecule has 1 amide bonds. The molecule has 0 saturated carbocycles. The van der Waals surface area contributed by atoms with Crippen LogP contribution < -0.4 is 10.1 Å². The van der Waals surface area contributed by atoms with Gasteiger partial charge in [0.1, 0.15) is 17.3 Å². The minimum Gasteiger partial charge on any atom is -0.497 e. The SMILES string of the molecule is COc1ccc(-c2n[nH]c(CNC(=O)CS(=O)(=O)CCCc3ccccc3)n2)cc1. The lowest BCUT2D eigenvalue weighted by Gasteiger charge is -2.05. The molecule has 158 valence electrons. The molecule has 1 heterocycles. The van der Waals surface area contributed by atoms with Crippen LogP contribution in [0.2, 0.25) is 0 Å². The van der Waals surface area contributed by atoms with Crippen LogP contribution in [0.4, 0.5) is 0 Å². The molecule has 3 rings (SSSR count). The zero-order valence-corrected chi connectivity index (χ0v) is 17.5.